The first kappa shape index (κ1) is 15.8. The van der Waals surface area contributed by atoms with Crippen molar-refractivity contribution in [2.24, 2.45) is 5.92 Å². The number of hydrogen-bond donors (Lipinski definition) is 2. The van der Waals surface area contributed by atoms with Gasteiger partial charge in [-0.2, -0.15) is 0 Å². The maximum atomic E-state index is 12.6. The number of aryl methyl sites for hydroxylation is 1. The molecule has 1 unspecified atom stereocenters. The van der Waals surface area contributed by atoms with E-state index in [2.05, 4.69) is 19.2 Å². The van der Waals surface area contributed by atoms with Gasteiger partial charge in [-0.3, -0.25) is 4.79 Å². The van der Waals surface area contributed by atoms with Gasteiger partial charge in [0.1, 0.15) is 5.75 Å². The van der Waals surface area contributed by atoms with Gasteiger partial charge in [0.25, 0.3) is 5.91 Å². The number of aromatic hydroxyl groups is 1. The van der Waals surface area contributed by atoms with Crippen LogP contribution in [0.5, 0.6) is 5.75 Å². The molecule has 1 saturated heterocycles. The van der Waals surface area contributed by atoms with E-state index in [1.165, 1.54) is 0 Å². The van der Waals surface area contributed by atoms with E-state index in [9.17, 15) is 9.90 Å². The van der Waals surface area contributed by atoms with Crippen LogP contribution >= 0.6 is 0 Å². The molecular weight excluding hydrogens is 264 g/mol. The van der Waals surface area contributed by atoms with E-state index in [0.717, 1.165) is 38.0 Å². The maximum absolute atomic E-state index is 12.6. The largest absolute Gasteiger partial charge is 0.507 e. The van der Waals surface area contributed by atoms with Crippen LogP contribution in [0.25, 0.3) is 0 Å². The van der Waals surface area contributed by atoms with Crippen molar-refractivity contribution < 1.29 is 9.90 Å². The summed E-state index contributed by atoms with van der Waals surface area (Å²) in [5.41, 5.74) is 1.37. The van der Waals surface area contributed by atoms with E-state index in [1.807, 2.05) is 17.9 Å². The SMILES string of the molecule is Cc1ccc(C(=O)N2CCCC(CNC(C)C)C2)c(O)c1. The number of carbonyl (C=O) groups is 1. The molecule has 0 spiro atoms. The zero-order chi connectivity index (χ0) is 15.4. The topological polar surface area (TPSA) is 52.6 Å². The number of phenolic OH excluding ortho intramolecular Hbond substituents is 1. The van der Waals surface area contributed by atoms with Gasteiger partial charge in [-0.15, -0.1) is 0 Å². The summed E-state index contributed by atoms with van der Waals surface area (Å²) in [5, 5.41) is 13.4. The molecule has 0 saturated carbocycles. The van der Waals surface area contributed by atoms with Gasteiger partial charge in [-0.05, 0) is 49.9 Å². The second-order valence-corrected chi connectivity index (χ2v) is 6.34. The minimum Gasteiger partial charge on any atom is -0.507 e. The zero-order valence-corrected chi connectivity index (χ0v) is 13.2. The normalized spacial score (nSPS) is 19.0. The summed E-state index contributed by atoms with van der Waals surface area (Å²) in [6, 6.07) is 5.71. The lowest BCUT2D eigenvalue weighted by Gasteiger charge is -2.33. The van der Waals surface area contributed by atoms with E-state index in [4.69, 9.17) is 0 Å². The predicted octanol–water partition coefficient (Wildman–Crippen LogP) is 2.55. The van der Waals surface area contributed by atoms with Crippen LogP contribution in [0.3, 0.4) is 0 Å². The Morgan fingerprint density at radius 2 is 2.24 bits per heavy atom. The molecule has 116 valence electrons. The lowest BCUT2D eigenvalue weighted by Crippen LogP contribution is -2.43. The van der Waals surface area contributed by atoms with Crippen LogP contribution in [0.15, 0.2) is 18.2 Å². The lowest BCUT2D eigenvalue weighted by atomic mass is 9.97. The Balaban J connectivity index is 2.01. The molecular formula is C17H26N2O2. The van der Waals surface area contributed by atoms with Crippen molar-refractivity contribution in [3.63, 3.8) is 0 Å². The monoisotopic (exact) mass is 290 g/mol. The smallest absolute Gasteiger partial charge is 0.257 e. The number of amides is 1. The Morgan fingerprint density at radius 3 is 2.90 bits per heavy atom. The highest BCUT2D eigenvalue weighted by Gasteiger charge is 2.25. The van der Waals surface area contributed by atoms with Gasteiger partial charge in [-0.1, -0.05) is 19.9 Å². The quantitative estimate of drug-likeness (QED) is 0.896. The molecule has 4 nitrogen and oxygen atoms in total. The van der Waals surface area contributed by atoms with Gasteiger partial charge < -0.3 is 15.3 Å². The first-order valence-corrected chi connectivity index (χ1v) is 7.79. The number of piperidine rings is 1. The highest BCUT2D eigenvalue weighted by atomic mass is 16.3. The average molecular weight is 290 g/mol. The van der Waals surface area contributed by atoms with Crippen molar-refractivity contribution in [1.82, 2.24) is 10.2 Å². The molecule has 1 aromatic rings. The molecule has 1 aromatic carbocycles. The molecule has 1 aliphatic rings. The Morgan fingerprint density at radius 1 is 1.48 bits per heavy atom. The maximum Gasteiger partial charge on any atom is 0.257 e. The molecule has 1 aliphatic heterocycles. The molecule has 21 heavy (non-hydrogen) atoms. The first-order chi connectivity index (χ1) is 9.97. The number of carbonyl (C=O) groups excluding carboxylic acids is 1. The summed E-state index contributed by atoms with van der Waals surface area (Å²) >= 11 is 0. The second kappa shape index (κ2) is 6.94. The van der Waals surface area contributed by atoms with E-state index < -0.39 is 0 Å². The van der Waals surface area contributed by atoms with E-state index >= 15 is 0 Å². The molecule has 1 fully saturated rings. The molecule has 2 rings (SSSR count). The molecule has 2 N–H and O–H groups in total. The summed E-state index contributed by atoms with van der Waals surface area (Å²) in [7, 11) is 0. The Bertz CT molecular complexity index is 500. The minimum atomic E-state index is -0.0539. The number of hydrogen-bond acceptors (Lipinski definition) is 3. The lowest BCUT2D eigenvalue weighted by molar-refractivity contribution is 0.0669. The molecule has 0 bridgehead atoms. The number of likely N-dealkylation sites (tertiary alicyclic amines) is 1. The summed E-state index contributed by atoms with van der Waals surface area (Å²) in [4.78, 5) is 14.4. The van der Waals surface area contributed by atoms with Crippen LogP contribution in [0.1, 0.15) is 42.6 Å². The molecule has 1 heterocycles. The summed E-state index contributed by atoms with van der Waals surface area (Å²) < 4.78 is 0. The summed E-state index contributed by atoms with van der Waals surface area (Å²) in [5.74, 6) is 0.530. The van der Waals surface area contributed by atoms with Crippen LogP contribution in [-0.2, 0) is 0 Å². The molecule has 0 radical (unpaired) electrons. The molecule has 1 amide bonds. The molecule has 0 aliphatic carbocycles. The van der Waals surface area contributed by atoms with Crippen molar-refractivity contribution in [3.8, 4) is 5.75 Å². The van der Waals surface area contributed by atoms with E-state index in [0.29, 0.717) is 17.5 Å². The Kier molecular flexibility index (Phi) is 5.23. The summed E-state index contributed by atoms with van der Waals surface area (Å²) in [6.45, 7) is 8.67. The van der Waals surface area contributed by atoms with Gasteiger partial charge in [0.15, 0.2) is 0 Å². The van der Waals surface area contributed by atoms with Crippen molar-refractivity contribution in [3.05, 3.63) is 29.3 Å². The Labute approximate surface area is 127 Å². The number of nitrogens with zero attached hydrogens (tertiary/aromatic N) is 1. The van der Waals surface area contributed by atoms with Crippen molar-refractivity contribution in [1.29, 1.82) is 0 Å². The number of rotatable bonds is 4. The van der Waals surface area contributed by atoms with Crippen LogP contribution in [0.4, 0.5) is 0 Å². The minimum absolute atomic E-state index is 0.0539. The first-order valence-electron chi connectivity index (χ1n) is 7.79. The van der Waals surface area contributed by atoms with Crippen LogP contribution in [-0.4, -0.2) is 41.6 Å². The fraction of sp³-hybridized carbons (Fsp3) is 0.588. The molecule has 0 aromatic heterocycles. The standard InChI is InChI=1S/C17H26N2O2/c1-12(2)18-10-14-5-4-8-19(11-14)17(21)15-7-6-13(3)9-16(15)20/h6-7,9,12,14,18,20H,4-5,8,10-11H2,1-3H3. The van der Waals surface area contributed by atoms with Gasteiger partial charge in [0.2, 0.25) is 0 Å². The fourth-order valence-corrected chi connectivity index (χ4v) is 2.81. The van der Waals surface area contributed by atoms with E-state index in [-0.39, 0.29) is 11.7 Å². The van der Waals surface area contributed by atoms with Crippen LogP contribution in [0.2, 0.25) is 0 Å². The summed E-state index contributed by atoms with van der Waals surface area (Å²) in [6.07, 6.45) is 2.19. The average Bonchev–Trinajstić information content (AvgIpc) is 2.45. The number of nitrogens with one attached hydrogen (secondary N) is 1. The van der Waals surface area contributed by atoms with Gasteiger partial charge >= 0.3 is 0 Å². The fourth-order valence-electron chi connectivity index (χ4n) is 2.81. The third-order valence-electron chi connectivity index (χ3n) is 4.00. The van der Waals surface area contributed by atoms with Gasteiger partial charge in [0, 0.05) is 19.1 Å². The van der Waals surface area contributed by atoms with Gasteiger partial charge in [0.05, 0.1) is 5.56 Å². The number of phenols is 1. The molecule has 4 heteroatoms. The predicted molar refractivity (Wildman–Crippen MR) is 84.6 cm³/mol. The van der Waals surface area contributed by atoms with Crippen LogP contribution in [0, 0.1) is 12.8 Å². The second-order valence-electron chi connectivity index (χ2n) is 6.34. The number of benzene rings is 1. The van der Waals surface area contributed by atoms with Crippen molar-refractivity contribution in [2.75, 3.05) is 19.6 Å². The zero-order valence-electron chi connectivity index (χ0n) is 13.2. The van der Waals surface area contributed by atoms with Crippen molar-refractivity contribution in [2.45, 2.75) is 39.7 Å². The van der Waals surface area contributed by atoms with Crippen molar-refractivity contribution >= 4 is 5.91 Å². The van der Waals surface area contributed by atoms with Gasteiger partial charge in [-0.25, -0.2) is 0 Å². The third-order valence-corrected chi connectivity index (χ3v) is 4.00. The third kappa shape index (κ3) is 4.21. The highest BCUT2D eigenvalue weighted by molar-refractivity contribution is 5.97. The van der Waals surface area contributed by atoms with Crippen LogP contribution < -0.4 is 5.32 Å². The Hall–Kier alpha value is -1.55. The molecule has 1 atom stereocenters. The highest BCUT2D eigenvalue weighted by Crippen LogP contribution is 2.23. The van der Waals surface area contributed by atoms with E-state index in [1.54, 1.807) is 12.1 Å².